The van der Waals surface area contributed by atoms with E-state index in [0.717, 1.165) is 6.42 Å². The minimum atomic E-state index is -0.542. The first-order valence-electron chi connectivity index (χ1n) is 4.45. The maximum atomic E-state index is 11.2. The summed E-state index contributed by atoms with van der Waals surface area (Å²) in [5.41, 5.74) is 0. The molecule has 1 fully saturated rings. The van der Waals surface area contributed by atoms with Gasteiger partial charge in [0.15, 0.2) is 6.17 Å². The smallest absolute Gasteiger partial charge is 0.323 e. The number of nitrogens with zero attached hydrogens (tertiary/aromatic N) is 1. The van der Waals surface area contributed by atoms with Crippen molar-refractivity contribution in [2.24, 2.45) is 0 Å². The van der Waals surface area contributed by atoms with Crippen LogP contribution in [0.5, 0.6) is 0 Å². The van der Waals surface area contributed by atoms with Gasteiger partial charge in [0, 0.05) is 20.3 Å². The van der Waals surface area contributed by atoms with Gasteiger partial charge in [0.2, 0.25) is 0 Å². The van der Waals surface area contributed by atoms with Gasteiger partial charge in [-0.25, -0.2) is 4.79 Å². The average molecular weight is 201 g/mol. The van der Waals surface area contributed by atoms with Gasteiger partial charge < -0.3 is 10.1 Å². The molecule has 1 heterocycles. The molecule has 0 aliphatic carbocycles. The first-order valence-corrected chi connectivity index (χ1v) is 4.45. The van der Waals surface area contributed by atoms with Crippen LogP contribution in [-0.2, 0) is 9.53 Å². The molecule has 2 N–H and O–H groups in total. The Kier molecular flexibility index (Phi) is 3.84. The molecule has 3 amide bonds. The lowest BCUT2D eigenvalue weighted by molar-refractivity contribution is -0.123. The summed E-state index contributed by atoms with van der Waals surface area (Å²) in [6.07, 6.45) is 0.284. The molecule has 0 saturated carbocycles. The summed E-state index contributed by atoms with van der Waals surface area (Å²) in [5, 5.41) is 4.69. The van der Waals surface area contributed by atoms with Crippen molar-refractivity contribution in [3.8, 4) is 0 Å². The molecule has 14 heavy (non-hydrogen) atoms. The van der Waals surface area contributed by atoms with E-state index in [2.05, 4.69) is 10.6 Å². The van der Waals surface area contributed by atoms with Crippen LogP contribution in [0.2, 0.25) is 0 Å². The highest BCUT2D eigenvalue weighted by Gasteiger charge is 2.32. The fraction of sp³-hybridized carbons (Fsp3) is 0.750. The molecule has 0 radical (unpaired) electrons. The number of urea groups is 1. The van der Waals surface area contributed by atoms with Crippen molar-refractivity contribution in [1.82, 2.24) is 15.5 Å². The van der Waals surface area contributed by atoms with E-state index >= 15 is 0 Å². The van der Waals surface area contributed by atoms with E-state index in [4.69, 9.17) is 4.74 Å². The molecule has 0 bridgehead atoms. The van der Waals surface area contributed by atoms with Crippen LogP contribution in [0.4, 0.5) is 4.79 Å². The van der Waals surface area contributed by atoms with Gasteiger partial charge in [0.05, 0.1) is 0 Å². The van der Waals surface area contributed by atoms with Gasteiger partial charge in [-0.2, -0.15) is 0 Å². The number of likely N-dealkylation sites (N-methyl/N-ethyl adjacent to an activating group) is 1. The summed E-state index contributed by atoms with van der Waals surface area (Å²) >= 11 is 0. The van der Waals surface area contributed by atoms with Crippen LogP contribution in [0.1, 0.15) is 6.42 Å². The van der Waals surface area contributed by atoms with Gasteiger partial charge in [0.1, 0.15) is 0 Å². The summed E-state index contributed by atoms with van der Waals surface area (Å²) in [6, 6.07) is -0.432. The Morgan fingerprint density at radius 1 is 1.50 bits per heavy atom. The first-order chi connectivity index (χ1) is 6.65. The van der Waals surface area contributed by atoms with Crippen molar-refractivity contribution in [2.75, 3.05) is 27.3 Å². The fourth-order valence-corrected chi connectivity index (χ4v) is 1.30. The molecule has 1 saturated heterocycles. The first kappa shape index (κ1) is 10.9. The van der Waals surface area contributed by atoms with E-state index in [9.17, 15) is 9.59 Å². The fourth-order valence-electron chi connectivity index (χ4n) is 1.30. The highest BCUT2D eigenvalue weighted by atomic mass is 16.5. The monoisotopic (exact) mass is 201 g/mol. The van der Waals surface area contributed by atoms with Gasteiger partial charge in [-0.1, -0.05) is 0 Å². The number of carbonyl (C=O) groups excluding carboxylic acids is 2. The number of nitrogens with one attached hydrogen (secondary N) is 2. The molecule has 1 rings (SSSR count). The zero-order valence-electron chi connectivity index (χ0n) is 8.37. The normalized spacial score (nSPS) is 21.2. The quantitative estimate of drug-likeness (QED) is 0.447. The molecule has 1 aliphatic heterocycles. The van der Waals surface area contributed by atoms with Crippen LogP contribution in [0, 0.1) is 0 Å². The maximum absolute atomic E-state index is 11.2. The third-order valence-electron chi connectivity index (χ3n) is 2.05. The second-order valence-corrected chi connectivity index (χ2v) is 3.19. The Labute approximate surface area is 82.6 Å². The summed E-state index contributed by atoms with van der Waals surface area (Å²) in [6.45, 7) is 1.35. The molecule has 0 aromatic rings. The van der Waals surface area contributed by atoms with Crippen molar-refractivity contribution in [3.05, 3.63) is 0 Å². The zero-order valence-corrected chi connectivity index (χ0v) is 8.37. The van der Waals surface area contributed by atoms with Crippen LogP contribution < -0.4 is 10.6 Å². The van der Waals surface area contributed by atoms with Crippen molar-refractivity contribution in [2.45, 2.75) is 12.6 Å². The van der Waals surface area contributed by atoms with E-state index in [0.29, 0.717) is 13.2 Å². The van der Waals surface area contributed by atoms with Crippen LogP contribution in [0.25, 0.3) is 0 Å². The zero-order chi connectivity index (χ0) is 10.6. The molecular formula is C8H15N3O3. The van der Waals surface area contributed by atoms with E-state index in [1.165, 1.54) is 0 Å². The number of methoxy groups -OCH3 is 1. The number of ether oxygens (including phenoxy) is 1. The summed E-state index contributed by atoms with van der Waals surface area (Å²) in [4.78, 5) is 23.8. The van der Waals surface area contributed by atoms with E-state index in [1.807, 2.05) is 0 Å². The molecule has 0 spiro atoms. The largest absolute Gasteiger partial charge is 0.385 e. The minimum absolute atomic E-state index is 0.296. The van der Waals surface area contributed by atoms with Crippen molar-refractivity contribution in [3.63, 3.8) is 0 Å². The number of imide groups is 1. The molecule has 1 unspecified atom stereocenters. The van der Waals surface area contributed by atoms with Crippen LogP contribution in [0.15, 0.2) is 0 Å². The number of amides is 3. The molecule has 80 valence electrons. The number of carbonyl (C=O) groups is 2. The third-order valence-corrected chi connectivity index (χ3v) is 2.05. The van der Waals surface area contributed by atoms with E-state index in [-0.39, 0.29) is 5.91 Å². The third kappa shape index (κ3) is 2.68. The van der Waals surface area contributed by atoms with Crippen LogP contribution >= 0.6 is 0 Å². The average Bonchev–Trinajstić information content (AvgIpc) is 2.45. The number of hydrogen-bond donors (Lipinski definition) is 2. The number of hydrogen-bond acceptors (Lipinski definition) is 4. The number of rotatable bonds is 5. The van der Waals surface area contributed by atoms with Crippen molar-refractivity contribution in [1.29, 1.82) is 0 Å². The molecule has 1 aliphatic rings. The summed E-state index contributed by atoms with van der Waals surface area (Å²) in [5.74, 6) is -0.296. The molecule has 0 aromatic heterocycles. The Bertz CT molecular complexity index is 232. The van der Waals surface area contributed by atoms with Gasteiger partial charge in [-0.05, 0) is 13.5 Å². The van der Waals surface area contributed by atoms with Crippen LogP contribution in [-0.4, -0.2) is 50.3 Å². The second kappa shape index (κ2) is 4.92. The van der Waals surface area contributed by atoms with Gasteiger partial charge in [-0.3, -0.25) is 15.0 Å². The lowest BCUT2D eigenvalue weighted by Crippen LogP contribution is -2.45. The Morgan fingerprint density at radius 2 is 2.21 bits per heavy atom. The second-order valence-electron chi connectivity index (χ2n) is 3.19. The van der Waals surface area contributed by atoms with Gasteiger partial charge >= 0.3 is 6.03 Å². The molecule has 6 nitrogen and oxygen atoms in total. The topological polar surface area (TPSA) is 70.7 Å². The maximum Gasteiger partial charge on any atom is 0.323 e. The minimum Gasteiger partial charge on any atom is -0.385 e. The molecule has 6 heteroatoms. The van der Waals surface area contributed by atoms with Crippen molar-refractivity contribution >= 4 is 11.9 Å². The standard InChI is InChI=1S/C8H15N3O3/c1-11(4-3-5-14-2)6-7(12)10-8(13)9-6/h6H,3-5H2,1-2H3,(H2,9,10,12,13). The summed E-state index contributed by atoms with van der Waals surface area (Å²) < 4.78 is 4.89. The molecular weight excluding hydrogens is 186 g/mol. The Balaban J connectivity index is 2.33. The van der Waals surface area contributed by atoms with Gasteiger partial charge in [0.25, 0.3) is 5.91 Å². The predicted octanol–water partition coefficient (Wildman–Crippen LogP) is -0.880. The Morgan fingerprint density at radius 3 is 2.71 bits per heavy atom. The summed E-state index contributed by atoms with van der Waals surface area (Å²) in [7, 11) is 3.41. The van der Waals surface area contributed by atoms with E-state index < -0.39 is 12.2 Å². The van der Waals surface area contributed by atoms with E-state index in [1.54, 1.807) is 19.1 Å². The highest BCUT2D eigenvalue weighted by Crippen LogP contribution is 1.99. The van der Waals surface area contributed by atoms with Gasteiger partial charge in [-0.15, -0.1) is 0 Å². The van der Waals surface area contributed by atoms with Crippen molar-refractivity contribution < 1.29 is 14.3 Å². The lowest BCUT2D eigenvalue weighted by atomic mass is 10.3. The lowest BCUT2D eigenvalue weighted by Gasteiger charge is -2.20. The predicted molar refractivity (Wildman–Crippen MR) is 49.6 cm³/mol. The molecule has 0 aromatic carbocycles. The molecule has 1 atom stereocenters. The highest BCUT2D eigenvalue weighted by molar-refractivity contribution is 6.03. The SMILES string of the molecule is COCCCN(C)C1NC(=O)NC1=O. The Hall–Kier alpha value is -1.14. The van der Waals surface area contributed by atoms with Crippen LogP contribution in [0.3, 0.4) is 0 Å².